The maximum atomic E-state index is 10.0. The summed E-state index contributed by atoms with van der Waals surface area (Å²) in [7, 11) is 0. The number of aryl methyl sites for hydroxylation is 1. The van der Waals surface area contributed by atoms with Crippen molar-refractivity contribution < 1.29 is 5.11 Å². The molecule has 1 aromatic carbocycles. The van der Waals surface area contributed by atoms with Crippen molar-refractivity contribution >= 4 is 5.96 Å². The molecule has 4 N–H and O–H groups in total. The summed E-state index contributed by atoms with van der Waals surface area (Å²) in [4.78, 5) is 4.17. The highest BCUT2D eigenvalue weighted by atomic mass is 16.3. The quantitative estimate of drug-likeness (QED) is 0.388. The Morgan fingerprint density at radius 2 is 1.95 bits per heavy atom. The number of hydrogen-bond donors (Lipinski definition) is 3. The number of hydrogen-bond acceptors (Lipinski definition) is 2. The molecule has 4 nitrogen and oxygen atoms in total. The lowest BCUT2D eigenvalue weighted by Gasteiger charge is -2.10. The fraction of sp³-hybridized carbons (Fsp3) is 0.562. The standard InChI is InChI=1S/C16H27N3O/c1-3-4-5-6-11-18-16(17)19-12-15(20)14-9-7-13(2)8-10-14/h7-10,15,20H,3-6,11-12H2,1-2H3,(H3,17,18,19). The molecule has 0 aliphatic carbocycles. The third-order valence-electron chi connectivity index (χ3n) is 3.23. The van der Waals surface area contributed by atoms with E-state index >= 15 is 0 Å². The van der Waals surface area contributed by atoms with Gasteiger partial charge < -0.3 is 16.2 Å². The van der Waals surface area contributed by atoms with E-state index in [9.17, 15) is 5.11 Å². The Bertz CT molecular complexity index is 401. The molecule has 112 valence electrons. The molecule has 1 rings (SSSR count). The summed E-state index contributed by atoms with van der Waals surface area (Å²) in [6.45, 7) is 5.34. The molecule has 0 bridgehead atoms. The van der Waals surface area contributed by atoms with E-state index in [1.54, 1.807) is 0 Å². The largest absolute Gasteiger partial charge is 0.386 e. The highest BCUT2D eigenvalue weighted by Crippen LogP contribution is 2.13. The Kier molecular flexibility index (Phi) is 7.73. The molecule has 0 saturated heterocycles. The molecule has 0 saturated carbocycles. The molecule has 1 aromatic rings. The summed E-state index contributed by atoms with van der Waals surface area (Å²) in [6.07, 6.45) is 4.20. The van der Waals surface area contributed by atoms with Gasteiger partial charge in [0, 0.05) is 6.54 Å². The molecule has 4 heteroatoms. The third-order valence-corrected chi connectivity index (χ3v) is 3.23. The zero-order valence-electron chi connectivity index (χ0n) is 12.6. The fourth-order valence-electron chi connectivity index (χ4n) is 1.90. The summed E-state index contributed by atoms with van der Waals surface area (Å²) >= 11 is 0. The van der Waals surface area contributed by atoms with Crippen molar-refractivity contribution in [3.63, 3.8) is 0 Å². The molecule has 20 heavy (non-hydrogen) atoms. The van der Waals surface area contributed by atoms with Crippen LogP contribution in [-0.2, 0) is 0 Å². The molecular weight excluding hydrogens is 250 g/mol. The number of guanidine groups is 1. The summed E-state index contributed by atoms with van der Waals surface area (Å²) < 4.78 is 0. The first-order valence-corrected chi connectivity index (χ1v) is 7.42. The third kappa shape index (κ3) is 6.57. The van der Waals surface area contributed by atoms with Crippen LogP contribution in [0.3, 0.4) is 0 Å². The van der Waals surface area contributed by atoms with Crippen LogP contribution in [0.2, 0.25) is 0 Å². The summed E-state index contributed by atoms with van der Waals surface area (Å²) in [6, 6.07) is 7.81. The van der Waals surface area contributed by atoms with Gasteiger partial charge in [0.15, 0.2) is 5.96 Å². The SMILES string of the molecule is CCCCCCNC(N)=NCC(O)c1ccc(C)cc1. The number of unbranched alkanes of at least 4 members (excludes halogenated alkanes) is 3. The van der Waals surface area contributed by atoms with E-state index < -0.39 is 6.10 Å². The summed E-state index contributed by atoms with van der Waals surface area (Å²) in [5.74, 6) is 0.410. The molecule has 0 aliphatic heterocycles. The minimum atomic E-state index is -0.601. The van der Waals surface area contributed by atoms with Gasteiger partial charge in [-0.25, -0.2) is 0 Å². The maximum absolute atomic E-state index is 10.0. The van der Waals surface area contributed by atoms with Gasteiger partial charge in [0.05, 0.1) is 12.6 Å². The first-order chi connectivity index (χ1) is 9.63. The maximum Gasteiger partial charge on any atom is 0.188 e. The van der Waals surface area contributed by atoms with Gasteiger partial charge in [-0.05, 0) is 18.9 Å². The van der Waals surface area contributed by atoms with Crippen molar-refractivity contribution in [2.24, 2.45) is 10.7 Å². The van der Waals surface area contributed by atoms with Crippen LogP contribution in [0.5, 0.6) is 0 Å². The molecule has 0 heterocycles. The van der Waals surface area contributed by atoms with Gasteiger partial charge >= 0.3 is 0 Å². The summed E-state index contributed by atoms with van der Waals surface area (Å²) in [5.41, 5.74) is 7.82. The Balaban J connectivity index is 2.29. The van der Waals surface area contributed by atoms with Crippen LogP contribution >= 0.6 is 0 Å². The van der Waals surface area contributed by atoms with Crippen LogP contribution in [0.4, 0.5) is 0 Å². The zero-order valence-corrected chi connectivity index (χ0v) is 12.6. The highest BCUT2D eigenvalue weighted by molar-refractivity contribution is 5.77. The second-order valence-electron chi connectivity index (χ2n) is 5.14. The predicted molar refractivity (Wildman–Crippen MR) is 84.8 cm³/mol. The Morgan fingerprint density at radius 1 is 1.25 bits per heavy atom. The lowest BCUT2D eigenvalue weighted by atomic mass is 10.1. The molecule has 1 atom stereocenters. The van der Waals surface area contributed by atoms with Gasteiger partial charge in [0.1, 0.15) is 0 Å². The summed E-state index contributed by atoms with van der Waals surface area (Å²) in [5, 5.41) is 13.1. The van der Waals surface area contributed by atoms with E-state index in [2.05, 4.69) is 17.2 Å². The first kappa shape index (κ1) is 16.5. The number of rotatable bonds is 8. The van der Waals surface area contributed by atoms with Gasteiger partial charge in [-0.1, -0.05) is 56.0 Å². The Morgan fingerprint density at radius 3 is 2.60 bits per heavy atom. The number of aliphatic imine (C=N–C) groups is 1. The van der Waals surface area contributed by atoms with Crippen LogP contribution < -0.4 is 11.1 Å². The monoisotopic (exact) mass is 277 g/mol. The Hall–Kier alpha value is -1.55. The van der Waals surface area contributed by atoms with Crippen molar-refractivity contribution in [1.82, 2.24) is 5.32 Å². The molecule has 0 aromatic heterocycles. The Labute approximate surface area is 122 Å². The van der Waals surface area contributed by atoms with Crippen molar-refractivity contribution in [2.75, 3.05) is 13.1 Å². The van der Waals surface area contributed by atoms with E-state index in [4.69, 9.17) is 5.73 Å². The van der Waals surface area contributed by atoms with Crippen LogP contribution in [0, 0.1) is 6.92 Å². The molecular formula is C16H27N3O. The van der Waals surface area contributed by atoms with Gasteiger partial charge in [-0.15, -0.1) is 0 Å². The molecule has 0 fully saturated rings. The van der Waals surface area contributed by atoms with Gasteiger partial charge in [0.25, 0.3) is 0 Å². The van der Waals surface area contributed by atoms with E-state index in [0.717, 1.165) is 18.5 Å². The van der Waals surface area contributed by atoms with E-state index in [1.165, 1.54) is 24.8 Å². The number of nitrogens with zero attached hydrogens (tertiary/aromatic N) is 1. The number of nitrogens with one attached hydrogen (secondary N) is 1. The van der Waals surface area contributed by atoms with Crippen LogP contribution in [0.25, 0.3) is 0 Å². The highest BCUT2D eigenvalue weighted by Gasteiger charge is 2.06. The molecule has 0 radical (unpaired) electrons. The first-order valence-electron chi connectivity index (χ1n) is 7.42. The average Bonchev–Trinajstić information content (AvgIpc) is 2.45. The number of aliphatic hydroxyl groups is 1. The van der Waals surface area contributed by atoms with Crippen LogP contribution in [0.1, 0.15) is 49.8 Å². The van der Waals surface area contributed by atoms with E-state index in [-0.39, 0.29) is 6.54 Å². The second-order valence-corrected chi connectivity index (χ2v) is 5.14. The van der Waals surface area contributed by atoms with Gasteiger partial charge in [-0.2, -0.15) is 0 Å². The zero-order chi connectivity index (χ0) is 14.8. The van der Waals surface area contributed by atoms with Crippen molar-refractivity contribution in [3.8, 4) is 0 Å². The topological polar surface area (TPSA) is 70.6 Å². The van der Waals surface area contributed by atoms with Gasteiger partial charge in [-0.3, -0.25) is 4.99 Å². The van der Waals surface area contributed by atoms with Crippen LogP contribution in [-0.4, -0.2) is 24.2 Å². The lowest BCUT2D eigenvalue weighted by Crippen LogP contribution is -2.32. The number of benzene rings is 1. The minimum Gasteiger partial charge on any atom is -0.386 e. The predicted octanol–water partition coefficient (Wildman–Crippen LogP) is 2.51. The van der Waals surface area contributed by atoms with E-state index in [0.29, 0.717) is 5.96 Å². The lowest BCUT2D eigenvalue weighted by molar-refractivity contribution is 0.187. The molecule has 0 spiro atoms. The fourth-order valence-corrected chi connectivity index (χ4v) is 1.90. The van der Waals surface area contributed by atoms with Gasteiger partial charge in [0.2, 0.25) is 0 Å². The van der Waals surface area contributed by atoms with Crippen molar-refractivity contribution in [3.05, 3.63) is 35.4 Å². The number of aliphatic hydroxyl groups excluding tert-OH is 1. The van der Waals surface area contributed by atoms with Crippen molar-refractivity contribution in [1.29, 1.82) is 0 Å². The normalized spacial score (nSPS) is 13.2. The smallest absolute Gasteiger partial charge is 0.188 e. The van der Waals surface area contributed by atoms with Crippen molar-refractivity contribution in [2.45, 2.75) is 45.6 Å². The second kappa shape index (κ2) is 9.37. The van der Waals surface area contributed by atoms with Crippen LogP contribution in [0.15, 0.2) is 29.3 Å². The number of nitrogens with two attached hydrogens (primary N) is 1. The molecule has 0 amide bonds. The minimum absolute atomic E-state index is 0.289. The van der Waals surface area contributed by atoms with E-state index in [1.807, 2.05) is 31.2 Å². The molecule has 0 aliphatic rings. The average molecular weight is 277 g/mol. The molecule has 1 unspecified atom stereocenters.